The highest BCUT2D eigenvalue weighted by molar-refractivity contribution is 5.92. The number of nitrogens with zero attached hydrogens (tertiary/aromatic N) is 5. The zero-order chi connectivity index (χ0) is 24.4. The molecule has 1 amide bonds. The summed E-state index contributed by atoms with van der Waals surface area (Å²) in [5, 5.41) is 11.7. The van der Waals surface area contributed by atoms with E-state index < -0.39 is 6.43 Å². The van der Waals surface area contributed by atoms with E-state index in [1.165, 1.54) is 10.7 Å². The van der Waals surface area contributed by atoms with Crippen molar-refractivity contribution in [2.75, 3.05) is 5.32 Å². The summed E-state index contributed by atoms with van der Waals surface area (Å²) in [5.74, 6) is -0.362. The number of aryl methyl sites for hydroxylation is 1. The summed E-state index contributed by atoms with van der Waals surface area (Å²) < 4.78 is 31.0. The van der Waals surface area contributed by atoms with Crippen molar-refractivity contribution in [2.45, 2.75) is 26.4 Å². The van der Waals surface area contributed by atoms with Gasteiger partial charge in [-0.15, -0.1) is 0 Å². The van der Waals surface area contributed by atoms with Gasteiger partial charge in [0.2, 0.25) is 5.91 Å². The van der Waals surface area contributed by atoms with Crippen molar-refractivity contribution in [1.82, 2.24) is 24.5 Å². The number of carbonyl (C=O) groups is 1. The van der Waals surface area contributed by atoms with Gasteiger partial charge in [-0.2, -0.15) is 10.2 Å². The van der Waals surface area contributed by atoms with Gasteiger partial charge in [-0.1, -0.05) is 60.7 Å². The number of hydrogen-bond acceptors (Lipinski definition) is 4. The van der Waals surface area contributed by atoms with Crippen molar-refractivity contribution in [2.24, 2.45) is 0 Å². The molecule has 3 heterocycles. The lowest BCUT2D eigenvalue weighted by molar-refractivity contribution is -0.116. The monoisotopic (exact) mass is 472 g/mol. The van der Waals surface area contributed by atoms with Gasteiger partial charge in [0.25, 0.3) is 6.43 Å². The maximum Gasteiger partial charge on any atom is 0.264 e. The lowest BCUT2D eigenvalue weighted by Crippen LogP contribution is -2.19. The summed E-state index contributed by atoms with van der Waals surface area (Å²) >= 11 is 0. The van der Waals surface area contributed by atoms with Crippen LogP contribution >= 0.6 is 0 Å². The number of pyridine rings is 1. The molecule has 5 rings (SSSR count). The fraction of sp³-hybridized carbons (Fsp3) is 0.154. The SMILES string of the molecule is Cc1nn(CC(=O)Nc2cnn(Cc3ccccc3)c2)c2nc(-c3ccccc3)cc(C(F)F)c12. The predicted molar refractivity (Wildman–Crippen MR) is 129 cm³/mol. The number of halogens is 2. The van der Waals surface area contributed by atoms with Crippen LogP contribution in [0.4, 0.5) is 14.5 Å². The number of alkyl halides is 2. The summed E-state index contributed by atoms with van der Waals surface area (Å²) in [7, 11) is 0. The first-order chi connectivity index (χ1) is 17.0. The average Bonchev–Trinajstić information content (AvgIpc) is 3.43. The third kappa shape index (κ3) is 4.79. The highest BCUT2D eigenvalue weighted by Gasteiger charge is 2.22. The number of carbonyl (C=O) groups excluding carboxylic acids is 1. The Bertz CT molecular complexity index is 1480. The molecule has 0 saturated heterocycles. The summed E-state index contributed by atoms with van der Waals surface area (Å²) in [4.78, 5) is 17.4. The molecule has 0 aliphatic rings. The van der Waals surface area contributed by atoms with Gasteiger partial charge < -0.3 is 5.32 Å². The molecule has 35 heavy (non-hydrogen) atoms. The van der Waals surface area contributed by atoms with Crippen LogP contribution in [0.5, 0.6) is 0 Å². The molecule has 3 aromatic heterocycles. The van der Waals surface area contributed by atoms with Crippen LogP contribution < -0.4 is 5.32 Å². The Morgan fingerprint density at radius 2 is 1.77 bits per heavy atom. The van der Waals surface area contributed by atoms with Crippen molar-refractivity contribution in [1.29, 1.82) is 0 Å². The summed E-state index contributed by atoms with van der Waals surface area (Å²) in [6.45, 7) is 2.03. The van der Waals surface area contributed by atoms with Gasteiger partial charge in [0.15, 0.2) is 5.65 Å². The molecule has 0 fully saturated rings. The Morgan fingerprint density at radius 1 is 1.06 bits per heavy atom. The molecule has 0 unspecified atom stereocenters. The maximum atomic E-state index is 13.9. The highest BCUT2D eigenvalue weighted by Crippen LogP contribution is 2.33. The van der Waals surface area contributed by atoms with E-state index in [0.717, 1.165) is 5.56 Å². The van der Waals surface area contributed by atoms with Gasteiger partial charge in [-0.05, 0) is 18.6 Å². The van der Waals surface area contributed by atoms with Crippen molar-refractivity contribution >= 4 is 22.6 Å². The zero-order valence-corrected chi connectivity index (χ0v) is 18.9. The molecule has 0 saturated carbocycles. The molecule has 0 atom stereocenters. The van der Waals surface area contributed by atoms with E-state index in [4.69, 9.17) is 0 Å². The largest absolute Gasteiger partial charge is 0.322 e. The van der Waals surface area contributed by atoms with Crippen LogP contribution in [0.2, 0.25) is 0 Å². The van der Waals surface area contributed by atoms with Crippen molar-refractivity contribution < 1.29 is 13.6 Å². The van der Waals surface area contributed by atoms with Crippen LogP contribution in [0.25, 0.3) is 22.3 Å². The van der Waals surface area contributed by atoms with Crippen LogP contribution in [0.15, 0.2) is 79.1 Å². The topological polar surface area (TPSA) is 77.6 Å². The molecule has 0 radical (unpaired) electrons. The van der Waals surface area contributed by atoms with E-state index in [9.17, 15) is 13.6 Å². The molecule has 176 valence electrons. The number of aromatic nitrogens is 5. The minimum Gasteiger partial charge on any atom is -0.322 e. The van der Waals surface area contributed by atoms with E-state index >= 15 is 0 Å². The molecule has 9 heteroatoms. The summed E-state index contributed by atoms with van der Waals surface area (Å²) in [6, 6.07) is 20.3. The van der Waals surface area contributed by atoms with Crippen molar-refractivity contribution in [3.63, 3.8) is 0 Å². The molecule has 2 aromatic carbocycles. The standard InChI is InChI=1S/C26H22F2N6O/c1-17-24-21(25(27)28)12-22(19-10-6-3-7-11-19)31-26(24)34(32-17)16-23(35)30-20-13-29-33(15-20)14-18-8-4-2-5-9-18/h2-13,15,25H,14,16H2,1H3,(H,30,35). The zero-order valence-electron chi connectivity index (χ0n) is 18.9. The van der Waals surface area contributed by atoms with Gasteiger partial charge in [-0.25, -0.2) is 18.4 Å². The van der Waals surface area contributed by atoms with Crippen molar-refractivity contribution in [3.05, 3.63) is 95.9 Å². The van der Waals surface area contributed by atoms with E-state index in [-0.39, 0.29) is 29.0 Å². The third-order valence-electron chi connectivity index (χ3n) is 5.61. The molecule has 5 aromatic rings. The molecular formula is C26H22F2N6O. The summed E-state index contributed by atoms with van der Waals surface area (Å²) in [6.07, 6.45) is 0.593. The molecule has 7 nitrogen and oxygen atoms in total. The number of amides is 1. The van der Waals surface area contributed by atoms with Crippen molar-refractivity contribution in [3.8, 4) is 11.3 Å². The average molecular weight is 472 g/mol. The second-order valence-corrected chi connectivity index (χ2v) is 8.17. The van der Waals surface area contributed by atoms with E-state index in [1.54, 1.807) is 36.1 Å². The van der Waals surface area contributed by atoms with Crippen LogP contribution in [-0.2, 0) is 17.9 Å². The Labute approximate surface area is 200 Å². The predicted octanol–water partition coefficient (Wildman–Crippen LogP) is 5.23. The van der Waals surface area contributed by atoms with Crippen LogP contribution in [0.3, 0.4) is 0 Å². The van der Waals surface area contributed by atoms with Gasteiger partial charge in [-0.3, -0.25) is 9.48 Å². The Kier molecular flexibility index (Phi) is 6.05. The molecular weight excluding hydrogens is 450 g/mol. The Balaban J connectivity index is 1.40. The normalized spacial score (nSPS) is 11.3. The lowest BCUT2D eigenvalue weighted by atomic mass is 10.1. The quantitative estimate of drug-likeness (QED) is 0.352. The fourth-order valence-corrected chi connectivity index (χ4v) is 4.05. The minimum absolute atomic E-state index is 0.153. The van der Waals surface area contributed by atoms with Gasteiger partial charge in [0, 0.05) is 17.3 Å². The first-order valence-electron chi connectivity index (χ1n) is 11.1. The number of anilines is 1. The fourth-order valence-electron chi connectivity index (χ4n) is 4.05. The van der Waals surface area contributed by atoms with Crippen LogP contribution in [-0.4, -0.2) is 30.5 Å². The first kappa shape index (κ1) is 22.4. The maximum absolute atomic E-state index is 13.9. The van der Waals surface area contributed by atoms with Crippen LogP contribution in [0.1, 0.15) is 23.2 Å². The van der Waals surface area contributed by atoms with Gasteiger partial charge in [0.1, 0.15) is 6.54 Å². The smallest absolute Gasteiger partial charge is 0.264 e. The second kappa shape index (κ2) is 9.46. The number of hydrogen-bond donors (Lipinski definition) is 1. The Morgan fingerprint density at radius 3 is 2.49 bits per heavy atom. The number of rotatable bonds is 7. The summed E-state index contributed by atoms with van der Waals surface area (Å²) in [5.41, 5.74) is 3.21. The number of benzene rings is 2. The second-order valence-electron chi connectivity index (χ2n) is 8.17. The lowest BCUT2D eigenvalue weighted by Gasteiger charge is -2.09. The van der Waals surface area contributed by atoms with Gasteiger partial charge in [0.05, 0.1) is 35.2 Å². The van der Waals surface area contributed by atoms with E-state index in [1.807, 2.05) is 48.5 Å². The van der Waals surface area contributed by atoms with Crippen LogP contribution in [0, 0.1) is 6.92 Å². The van der Waals surface area contributed by atoms with E-state index in [2.05, 4.69) is 20.5 Å². The first-order valence-corrected chi connectivity index (χ1v) is 11.1. The molecule has 1 N–H and O–H groups in total. The Hall–Kier alpha value is -4.40. The number of nitrogens with one attached hydrogen (secondary N) is 1. The number of fused-ring (bicyclic) bond motifs is 1. The van der Waals surface area contributed by atoms with E-state index in [0.29, 0.717) is 29.2 Å². The molecule has 0 spiro atoms. The van der Waals surface area contributed by atoms with Gasteiger partial charge >= 0.3 is 0 Å². The minimum atomic E-state index is -2.71. The molecule has 0 aliphatic carbocycles. The molecule has 0 bridgehead atoms. The molecule has 0 aliphatic heterocycles. The third-order valence-corrected chi connectivity index (χ3v) is 5.61. The highest BCUT2D eigenvalue weighted by atomic mass is 19.3.